The second kappa shape index (κ2) is 7.97. The molecule has 3 fully saturated rings. The molecule has 1 saturated carbocycles. The van der Waals surface area contributed by atoms with Gasteiger partial charge >= 0.3 is 6.09 Å². The summed E-state index contributed by atoms with van der Waals surface area (Å²) < 4.78 is 11.4. The van der Waals surface area contributed by atoms with Crippen molar-refractivity contribution >= 4 is 6.09 Å². The average Bonchev–Trinajstić information content (AvgIpc) is 2.68. The highest BCUT2D eigenvalue weighted by atomic mass is 16.6. The van der Waals surface area contributed by atoms with Gasteiger partial charge in [0.25, 0.3) is 0 Å². The van der Waals surface area contributed by atoms with Gasteiger partial charge in [0.2, 0.25) is 0 Å². The van der Waals surface area contributed by atoms with Gasteiger partial charge in [-0.15, -0.1) is 0 Å². The highest BCUT2D eigenvalue weighted by molar-refractivity contribution is 5.69. The monoisotopic (exact) mass is 358 g/mol. The van der Waals surface area contributed by atoms with Crippen LogP contribution in [0, 0.1) is 0 Å². The minimum absolute atomic E-state index is 0.177. The molecule has 142 valence electrons. The van der Waals surface area contributed by atoms with E-state index in [1.54, 1.807) is 0 Å². The highest BCUT2D eigenvalue weighted by Crippen LogP contribution is 2.35. The van der Waals surface area contributed by atoms with Crippen LogP contribution in [0.1, 0.15) is 56.4 Å². The van der Waals surface area contributed by atoms with Gasteiger partial charge in [-0.05, 0) is 56.6 Å². The van der Waals surface area contributed by atoms with Gasteiger partial charge in [0.15, 0.2) is 0 Å². The van der Waals surface area contributed by atoms with E-state index < -0.39 is 0 Å². The van der Waals surface area contributed by atoms with E-state index in [1.165, 1.54) is 18.4 Å². The van der Waals surface area contributed by atoms with E-state index in [1.807, 2.05) is 0 Å². The molecule has 1 aliphatic carbocycles. The first-order valence-electron chi connectivity index (χ1n) is 10.1. The zero-order valence-electron chi connectivity index (χ0n) is 15.4. The number of amides is 1. The number of hydrogen-bond donors (Lipinski definition) is 2. The van der Waals surface area contributed by atoms with Crippen LogP contribution in [-0.4, -0.2) is 43.5 Å². The van der Waals surface area contributed by atoms with Gasteiger partial charge in [-0.3, -0.25) is 0 Å². The number of cyclic esters (lactones) is 1. The van der Waals surface area contributed by atoms with Gasteiger partial charge in [-0.2, -0.15) is 0 Å². The molecule has 0 radical (unpaired) electrons. The Labute approximate surface area is 155 Å². The maximum Gasteiger partial charge on any atom is 0.407 e. The molecular formula is C21H30N2O3. The molecule has 1 amide bonds. The van der Waals surface area contributed by atoms with Crippen LogP contribution < -0.4 is 10.6 Å². The fourth-order valence-corrected chi connectivity index (χ4v) is 4.87. The van der Waals surface area contributed by atoms with Gasteiger partial charge in [0.1, 0.15) is 0 Å². The Balaban J connectivity index is 1.29. The Hall–Kier alpha value is -1.59. The molecular weight excluding hydrogens is 328 g/mol. The predicted molar refractivity (Wildman–Crippen MR) is 100 cm³/mol. The zero-order valence-corrected chi connectivity index (χ0v) is 15.4. The normalized spacial score (nSPS) is 34.9. The zero-order chi connectivity index (χ0) is 17.8. The molecule has 0 aromatic heterocycles. The molecule has 1 aromatic rings. The van der Waals surface area contributed by atoms with Crippen LogP contribution in [-0.2, 0) is 9.47 Å². The van der Waals surface area contributed by atoms with Crippen molar-refractivity contribution in [2.24, 2.45) is 0 Å². The van der Waals surface area contributed by atoms with Gasteiger partial charge in [-0.1, -0.05) is 30.3 Å². The van der Waals surface area contributed by atoms with Gasteiger partial charge in [-0.25, -0.2) is 4.79 Å². The molecule has 2 saturated heterocycles. The molecule has 2 unspecified atom stereocenters. The molecule has 1 spiro atoms. The third kappa shape index (κ3) is 3.89. The Kier molecular flexibility index (Phi) is 5.46. The van der Waals surface area contributed by atoms with Crippen molar-refractivity contribution in [3.63, 3.8) is 0 Å². The number of alkyl carbamates (subject to hydrolysis) is 1. The van der Waals surface area contributed by atoms with Gasteiger partial charge < -0.3 is 20.1 Å². The number of rotatable bonds is 4. The number of carbonyl (C=O) groups excluding carboxylic acids is 1. The van der Waals surface area contributed by atoms with Crippen molar-refractivity contribution < 1.29 is 14.3 Å². The maximum atomic E-state index is 11.8. The fraction of sp³-hybridized carbons (Fsp3) is 0.667. The largest absolute Gasteiger partial charge is 0.449 e. The van der Waals surface area contributed by atoms with Crippen molar-refractivity contribution in [1.29, 1.82) is 0 Å². The Morgan fingerprint density at radius 3 is 2.69 bits per heavy atom. The Morgan fingerprint density at radius 2 is 1.92 bits per heavy atom. The van der Waals surface area contributed by atoms with Crippen LogP contribution >= 0.6 is 0 Å². The number of carbonyl (C=O) groups is 1. The second-order valence-corrected chi connectivity index (χ2v) is 7.99. The molecule has 4 rings (SSSR count). The average molecular weight is 358 g/mol. The lowest BCUT2D eigenvalue weighted by atomic mass is 9.79. The summed E-state index contributed by atoms with van der Waals surface area (Å²) in [6, 6.07) is 11.0. The Bertz CT molecular complexity index is 597. The van der Waals surface area contributed by atoms with E-state index >= 15 is 0 Å². The predicted octanol–water partition coefficient (Wildman–Crippen LogP) is 3.35. The number of benzene rings is 1. The van der Waals surface area contributed by atoms with Crippen molar-refractivity contribution in [3.05, 3.63) is 35.9 Å². The van der Waals surface area contributed by atoms with Crippen LogP contribution in [0.3, 0.4) is 0 Å². The van der Waals surface area contributed by atoms with Gasteiger partial charge in [0, 0.05) is 6.42 Å². The molecule has 26 heavy (non-hydrogen) atoms. The molecule has 1 aromatic carbocycles. The minimum atomic E-state index is -0.284. The maximum absolute atomic E-state index is 11.8. The number of hydrogen-bond acceptors (Lipinski definition) is 4. The lowest BCUT2D eigenvalue weighted by molar-refractivity contribution is -0.0219. The molecule has 2 heterocycles. The van der Waals surface area contributed by atoms with Crippen molar-refractivity contribution in [1.82, 2.24) is 10.6 Å². The smallest absolute Gasteiger partial charge is 0.407 e. The lowest BCUT2D eigenvalue weighted by Crippen LogP contribution is -2.68. The van der Waals surface area contributed by atoms with E-state index in [-0.39, 0.29) is 17.7 Å². The summed E-state index contributed by atoms with van der Waals surface area (Å²) in [4.78, 5) is 11.8. The molecule has 5 nitrogen and oxygen atoms in total. The van der Waals surface area contributed by atoms with Crippen molar-refractivity contribution in [3.8, 4) is 0 Å². The number of nitrogens with one attached hydrogen (secondary N) is 2. The summed E-state index contributed by atoms with van der Waals surface area (Å²) in [7, 11) is 0. The van der Waals surface area contributed by atoms with Crippen molar-refractivity contribution in [2.75, 3.05) is 19.8 Å². The van der Waals surface area contributed by atoms with Crippen LogP contribution in [0.25, 0.3) is 0 Å². The van der Waals surface area contributed by atoms with Crippen LogP contribution in [0.4, 0.5) is 4.79 Å². The van der Waals surface area contributed by atoms with E-state index in [0.29, 0.717) is 25.2 Å². The second-order valence-electron chi connectivity index (χ2n) is 7.99. The van der Waals surface area contributed by atoms with E-state index in [4.69, 9.17) is 9.47 Å². The highest BCUT2D eigenvalue weighted by Gasteiger charge is 2.44. The molecule has 2 N–H and O–H groups in total. The summed E-state index contributed by atoms with van der Waals surface area (Å²) in [5.41, 5.74) is 1.26. The van der Waals surface area contributed by atoms with E-state index in [2.05, 4.69) is 41.0 Å². The lowest BCUT2D eigenvalue weighted by Gasteiger charge is -2.47. The van der Waals surface area contributed by atoms with Crippen LogP contribution in [0.15, 0.2) is 30.3 Å². The molecule has 5 heteroatoms. The molecule has 2 aliphatic heterocycles. The molecule has 3 aliphatic rings. The van der Waals surface area contributed by atoms with Crippen LogP contribution in [0.5, 0.6) is 0 Å². The summed E-state index contributed by atoms with van der Waals surface area (Å²) in [6.07, 6.45) is 7.64. The summed E-state index contributed by atoms with van der Waals surface area (Å²) in [6.45, 7) is 2.17. The molecule has 0 bridgehead atoms. The van der Waals surface area contributed by atoms with E-state index in [9.17, 15) is 4.79 Å². The summed E-state index contributed by atoms with van der Waals surface area (Å²) in [5.74, 6) is 0.671. The third-order valence-corrected chi connectivity index (χ3v) is 6.43. The quantitative estimate of drug-likeness (QED) is 0.867. The van der Waals surface area contributed by atoms with Gasteiger partial charge in [0.05, 0.1) is 30.9 Å². The number of piperidine rings is 1. The van der Waals surface area contributed by atoms with E-state index in [0.717, 1.165) is 38.6 Å². The first kappa shape index (κ1) is 17.8. The van der Waals surface area contributed by atoms with Crippen molar-refractivity contribution in [2.45, 2.75) is 68.5 Å². The summed E-state index contributed by atoms with van der Waals surface area (Å²) >= 11 is 0. The standard InChI is InChI=1S/C21H30N2O3/c24-20-23-21(12-14-25-20)11-4-13-22-19(21)15-26-18-9-7-17(8-10-18)16-5-2-1-3-6-16/h1-3,5-6,17-19,22H,4,7-15H2,(H,23,24). The summed E-state index contributed by atoms with van der Waals surface area (Å²) in [5, 5.41) is 6.67. The number of ether oxygens (including phenoxy) is 2. The van der Waals surface area contributed by atoms with Crippen LogP contribution in [0.2, 0.25) is 0 Å². The topological polar surface area (TPSA) is 59.6 Å². The fourth-order valence-electron chi connectivity index (χ4n) is 4.87. The first-order valence-corrected chi connectivity index (χ1v) is 10.1. The first-order chi connectivity index (χ1) is 12.8. The third-order valence-electron chi connectivity index (χ3n) is 6.43. The minimum Gasteiger partial charge on any atom is -0.449 e. The Morgan fingerprint density at radius 1 is 1.12 bits per heavy atom. The molecule has 2 atom stereocenters. The SMILES string of the molecule is O=C1NC2(CCCNC2COC2CCC(c3ccccc3)CC2)CCO1.